The fourth-order valence-electron chi connectivity index (χ4n) is 0.618. The maximum Gasteiger partial charge on any atom is 0.404 e. The second kappa shape index (κ2) is 3.06. The Labute approximate surface area is 71.2 Å². The Kier molecular flexibility index (Phi) is 2.43. The zero-order chi connectivity index (χ0) is 9.35. The van der Waals surface area contributed by atoms with Crippen molar-refractivity contribution in [2.24, 2.45) is 0 Å². The third-order valence-electron chi connectivity index (χ3n) is 0.965. The van der Waals surface area contributed by atoms with Gasteiger partial charge >= 0.3 is 12.8 Å². The van der Waals surface area contributed by atoms with Crippen LogP contribution in [-0.4, -0.2) is 32.6 Å². The van der Waals surface area contributed by atoms with E-state index in [9.17, 15) is 14.2 Å². The van der Waals surface area contributed by atoms with Gasteiger partial charge in [-0.2, -0.15) is 0 Å². The molecule has 0 aliphatic carbocycles. The molecule has 12 heavy (non-hydrogen) atoms. The van der Waals surface area contributed by atoms with Crippen LogP contribution in [0.15, 0.2) is 0 Å². The number of nitrogens with zero attached hydrogens (tertiary/aromatic N) is 1. The van der Waals surface area contributed by atoms with E-state index in [4.69, 9.17) is 9.79 Å². The minimum absolute atomic E-state index is 0.0433. The summed E-state index contributed by atoms with van der Waals surface area (Å²) in [5.74, 6) is -0.569. The van der Waals surface area contributed by atoms with Crippen LogP contribution in [0, 0.1) is 0 Å². The number of hydrogen-bond donors (Lipinski definition) is 3. The molecule has 9 heteroatoms. The lowest BCUT2D eigenvalue weighted by Gasteiger charge is -2.10. The smallest absolute Gasteiger partial charge is 0.315 e. The van der Waals surface area contributed by atoms with Crippen LogP contribution in [0.1, 0.15) is 0 Å². The van der Waals surface area contributed by atoms with Crippen molar-refractivity contribution in [1.82, 2.24) is 9.62 Å². The number of hydrogen-bond acceptors (Lipinski definition) is 4. The third kappa shape index (κ3) is 2.49. The fourth-order valence-corrected chi connectivity index (χ4v) is 2.34. The van der Waals surface area contributed by atoms with E-state index in [0.717, 1.165) is 0 Å². The highest BCUT2D eigenvalue weighted by molar-refractivity contribution is 8.53. The average Bonchev–Trinajstić information content (AvgIpc) is 2.06. The van der Waals surface area contributed by atoms with E-state index in [1.54, 1.807) is 0 Å². The van der Waals surface area contributed by atoms with Gasteiger partial charge in [0.25, 0.3) is 0 Å². The van der Waals surface area contributed by atoms with E-state index < -0.39 is 18.7 Å². The van der Waals surface area contributed by atoms with Crippen molar-refractivity contribution in [3.8, 4) is 0 Å². The molecule has 1 heterocycles. The maximum absolute atomic E-state index is 10.7. The van der Waals surface area contributed by atoms with Crippen molar-refractivity contribution in [1.29, 1.82) is 0 Å². The topological polar surface area (TPSA) is 107 Å². The minimum Gasteiger partial charge on any atom is -0.315 e. The van der Waals surface area contributed by atoms with Crippen molar-refractivity contribution in [3.63, 3.8) is 0 Å². The normalized spacial score (nSPS) is 18.3. The standard InChI is InChI=1S/C3H5N2O5PS/c6-2-1-5(3(7)4-2)12-11(8,9)10/h1H2,(H,4,6,7)(H2,8,9,10). The summed E-state index contributed by atoms with van der Waals surface area (Å²) >= 11 is 0.0433. The number of carbonyl (C=O) groups is 2. The lowest BCUT2D eigenvalue weighted by Crippen LogP contribution is -2.22. The van der Waals surface area contributed by atoms with Gasteiger partial charge in [0.15, 0.2) is 0 Å². The molecule has 0 radical (unpaired) electrons. The Morgan fingerprint density at radius 3 is 2.42 bits per heavy atom. The Morgan fingerprint density at radius 2 is 2.08 bits per heavy atom. The lowest BCUT2D eigenvalue weighted by atomic mass is 10.7. The summed E-state index contributed by atoms with van der Waals surface area (Å²) in [7, 11) is 0. The highest BCUT2D eigenvalue weighted by atomic mass is 32.7. The van der Waals surface area contributed by atoms with Gasteiger partial charge in [-0.05, 0) is 0 Å². The zero-order valence-electron chi connectivity index (χ0n) is 5.63. The first-order chi connectivity index (χ1) is 5.38. The molecule has 0 aromatic rings. The predicted octanol–water partition coefficient (Wildman–Crippen LogP) is -0.721. The first-order valence-corrected chi connectivity index (χ1v) is 5.74. The van der Waals surface area contributed by atoms with Gasteiger partial charge in [0, 0.05) is 0 Å². The van der Waals surface area contributed by atoms with Gasteiger partial charge in [0.2, 0.25) is 5.91 Å². The van der Waals surface area contributed by atoms with Crippen LogP contribution < -0.4 is 5.32 Å². The molecule has 1 aliphatic rings. The van der Waals surface area contributed by atoms with Gasteiger partial charge in [0.05, 0.1) is 11.6 Å². The molecule has 0 bridgehead atoms. The molecule has 1 fully saturated rings. The van der Waals surface area contributed by atoms with Gasteiger partial charge < -0.3 is 9.79 Å². The second-order valence-corrected chi connectivity index (χ2v) is 5.46. The summed E-state index contributed by atoms with van der Waals surface area (Å²) in [5, 5.41) is 1.87. The van der Waals surface area contributed by atoms with Crippen LogP contribution in [0.5, 0.6) is 0 Å². The molecule has 3 amide bonds. The van der Waals surface area contributed by atoms with Crippen LogP contribution in [0.25, 0.3) is 0 Å². The van der Waals surface area contributed by atoms with E-state index in [0.29, 0.717) is 4.31 Å². The highest BCUT2D eigenvalue weighted by Gasteiger charge is 2.33. The van der Waals surface area contributed by atoms with Gasteiger partial charge in [-0.3, -0.25) is 10.1 Å². The van der Waals surface area contributed by atoms with Crippen LogP contribution in [0.4, 0.5) is 4.79 Å². The molecule has 0 saturated carbocycles. The van der Waals surface area contributed by atoms with E-state index in [2.05, 4.69) is 0 Å². The first-order valence-electron chi connectivity index (χ1n) is 2.75. The molecule has 7 nitrogen and oxygen atoms in total. The largest absolute Gasteiger partial charge is 0.404 e. The van der Waals surface area contributed by atoms with Crippen molar-refractivity contribution in [2.75, 3.05) is 6.54 Å². The van der Waals surface area contributed by atoms with E-state index in [-0.39, 0.29) is 18.1 Å². The summed E-state index contributed by atoms with van der Waals surface area (Å²) in [6.07, 6.45) is 0. The van der Waals surface area contributed by atoms with Gasteiger partial charge in [-0.25, -0.2) is 13.7 Å². The summed E-state index contributed by atoms with van der Waals surface area (Å²) in [5.41, 5.74) is 0. The molecule has 3 N–H and O–H groups in total. The van der Waals surface area contributed by atoms with E-state index in [1.807, 2.05) is 5.32 Å². The maximum atomic E-state index is 10.7. The highest BCUT2D eigenvalue weighted by Crippen LogP contribution is 2.52. The summed E-state index contributed by atoms with van der Waals surface area (Å²) in [4.78, 5) is 38.0. The molecular weight excluding hydrogens is 207 g/mol. The van der Waals surface area contributed by atoms with Gasteiger partial charge in [-0.1, -0.05) is 0 Å². The molecule has 1 rings (SSSR count). The monoisotopic (exact) mass is 212 g/mol. The first kappa shape index (κ1) is 9.53. The van der Waals surface area contributed by atoms with Gasteiger partial charge in [0.1, 0.15) is 6.54 Å². The Balaban J connectivity index is 2.61. The van der Waals surface area contributed by atoms with Crippen LogP contribution >= 0.6 is 18.4 Å². The quantitative estimate of drug-likeness (QED) is 0.317. The fraction of sp³-hybridized carbons (Fsp3) is 0.333. The van der Waals surface area contributed by atoms with Crippen molar-refractivity contribution in [3.05, 3.63) is 0 Å². The van der Waals surface area contributed by atoms with Crippen LogP contribution in [-0.2, 0) is 9.36 Å². The molecule has 0 spiro atoms. The Hall–Kier alpha value is -0.560. The molecule has 0 aromatic heterocycles. The molecular formula is C3H5N2O5PS. The summed E-state index contributed by atoms with van der Waals surface area (Å²) in [6, 6.07) is -0.798. The number of urea groups is 1. The van der Waals surface area contributed by atoms with E-state index in [1.165, 1.54) is 0 Å². The SMILES string of the molecule is O=C1CN(SP(=O)(O)O)C(=O)N1. The molecule has 68 valence electrons. The average molecular weight is 212 g/mol. The Bertz CT molecular complexity index is 274. The Morgan fingerprint density at radius 1 is 1.50 bits per heavy atom. The van der Waals surface area contributed by atoms with Crippen LogP contribution in [0.3, 0.4) is 0 Å². The number of amides is 3. The molecule has 1 aliphatic heterocycles. The molecule has 0 aromatic carbocycles. The van der Waals surface area contributed by atoms with Gasteiger partial charge in [-0.15, -0.1) is 0 Å². The molecule has 0 atom stereocenters. The van der Waals surface area contributed by atoms with Crippen molar-refractivity contribution >= 4 is 30.3 Å². The molecule has 1 saturated heterocycles. The molecule has 0 unspecified atom stereocenters. The van der Waals surface area contributed by atoms with E-state index >= 15 is 0 Å². The van der Waals surface area contributed by atoms with Crippen LogP contribution in [0.2, 0.25) is 0 Å². The number of nitrogens with one attached hydrogen (secondary N) is 1. The predicted molar refractivity (Wildman–Crippen MR) is 39.9 cm³/mol. The lowest BCUT2D eigenvalue weighted by molar-refractivity contribution is -0.118. The van der Waals surface area contributed by atoms with Crippen molar-refractivity contribution < 1.29 is 23.9 Å². The third-order valence-corrected chi connectivity index (χ3v) is 2.90. The summed E-state index contributed by atoms with van der Waals surface area (Å²) in [6.45, 7) is -4.67. The number of rotatable bonds is 2. The minimum atomic E-state index is -4.35. The second-order valence-electron chi connectivity index (χ2n) is 1.96. The zero-order valence-corrected chi connectivity index (χ0v) is 7.34. The number of imide groups is 1. The van der Waals surface area contributed by atoms with Crippen molar-refractivity contribution in [2.45, 2.75) is 0 Å². The summed E-state index contributed by atoms with van der Waals surface area (Å²) < 4.78 is 11.0. The number of carbonyl (C=O) groups excluding carboxylic acids is 2.